The SMILES string of the molecule is CO[Si]1[Si][Si]O[Si](C)(OC)[Si]1(OC)OC.Cc1c2ccccc2cc2cc3c(ccc4cc5ccccc5cc43)cc12. The number of rotatable bonds is 4. The number of aryl methyl sites for hydroxylation is 1. The van der Waals surface area contributed by atoms with Crippen LogP contribution in [0, 0.1) is 6.92 Å². The normalized spacial score (nSPS) is 19.0. The molecule has 10 heteroatoms. The zero-order chi connectivity index (χ0) is 29.5. The Morgan fingerprint density at radius 2 is 1.12 bits per heavy atom. The van der Waals surface area contributed by atoms with Crippen molar-refractivity contribution in [1.82, 2.24) is 0 Å². The first-order valence-electron chi connectivity index (χ1n) is 13.8. The topological polar surface area (TPSA) is 46.2 Å². The Labute approximate surface area is 254 Å². The molecule has 42 heavy (non-hydrogen) atoms. The summed E-state index contributed by atoms with van der Waals surface area (Å²) in [6, 6.07) is 33.5. The van der Waals surface area contributed by atoms with Gasteiger partial charge in [-0.3, -0.25) is 0 Å². The maximum atomic E-state index is 5.86. The van der Waals surface area contributed by atoms with Crippen LogP contribution in [0.1, 0.15) is 5.56 Å². The van der Waals surface area contributed by atoms with Gasteiger partial charge in [0.05, 0.1) is 8.55 Å². The third-order valence-corrected chi connectivity index (χ3v) is 45.0. The van der Waals surface area contributed by atoms with Crippen molar-refractivity contribution in [1.29, 1.82) is 0 Å². The van der Waals surface area contributed by atoms with Gasteiger partial charge in [0, 0.05) is 28.4 Å². The summed E-state index contributed by atoms with van der Waals surface area (Å²) >= 11 is 0. The van der Waals surface area contributed by atoms with Gasteiger partial charge in [0.1, 0.15) is 0 Å². The molecule has 0 spiro atoms. The van der Waals surface area contributed by atoms with Crippen LogP contribution in [0.5, 0.6) is 0 Å². The van der Waals surface area contributed by atoms with Gasteiger partial charge in [-0.25, -0.2) is 0 Å². The average Bonchev–Trinajstić information content (AvgIpc) is 3.03. The van der Waals surface area contributed by atoms with Crippen LogP contribution in [0.15, 0.2) is 91.0 Å². The summed E-state index contributed by atoms with van der Waals surface area (Å²) in [6.45, 7) is 4.26. The zero-order valence-corrected chi connectivity index (χ0v) is 29.7. The summed E-state index contributed by atoms with van der Waals surface area (Å²) in [7, 11) is 2.13. The lowest BCUT2D eigenvalue weighted by molar-refractivity contribution is 0.238. The van der Waals surface area contributed by atoms with Crippen molar-refractivity contribution in [2.45, 2.75) is 13.5 Å². The van der Waals surface area contributed by atoms with Gasteiger partial charge in [0.15, 0.2) is 9.28 Å². The van der Waals surface area contributed by atoms with E-state index >= 15 is 0 Å². The van der Waals surface area contributed by atoms with Crippen LogP contribution < -0.4 is 0 Å². The highest BCUT2D eigenvalue weighted by atomic mass is 29.9. The number of hydrogen-bond acceptors (Lipinski definition) is 5. The smallest absolute Gasteiger partial charge is 0.389 e. The Morgan fingerprint density at radius 1 is 0.595 bits per heavy atom. The molecule has 1 atom stereocenters. The van der Waals surface area contributed by atoms with Gasteiger partial charge < -0.3 is 21.8 Å². The first kappa shape index (κ1) is 29.6. The Kier molecular flexibility index (Phi) is 8.37. The minimum Gasteiger partial charge on any atom is -0.438 e. The maximum absolute atomic E-state index is 5.86. The van der Waals surface area contributed by atoms with Crippen LogP contribution in [0.4, 0.5) is 0 Å². The van der Waals surface area contributed by atoms with Crippen LogP contribution in [0.3, 0.4) is 0 Å². The molecule has 1 aliphatic heterocycles. The van der Waals surface area contributed by atoms with Crippen molar-refractivity contribution in [2.24, 2.45) is 0 Å². The zero-order valence-electron chi connectivity index (χ0n) is 24.7. The molecule has 211 valence electrons. The molecule has 5 nitrogen and oxygen atoms in total. The van der Waals surface area contributed by atoms with Crippen LogP contribution in [0.25, 0.3) is 53.9 Å². The van der Waals surface area contributed by atoms with Gasteiger partial charge in [0.25, 0.3) is 0 Å². The van der Waals surface area contributed by atoms with Crippen molar-refractivity contribution in [3.63, 3.8) is 0 Å². The summed E-state index contributed by atoms with van der Waals surface area (Å²) in [6.07, 6.45) is 0. The van der Waals surface area contributed by atoms with E-state index < -0.39 is 23.7 Å². The standard InChI is InChI=1S/C27H18.C5H15O5Si5/c1-17-24-9-5-4-8-20(24)13-23-16-27-22(15-25(17)23)11-10-21-12-18-6-2-3-7-19(18)14-26(21)27;1-6-13-12-11-10-14(5,7-2)15(13,8-3)9-4/h2-16H,1H3;1-5H3. The van der Waals surface area contributed by atoms with Gasteiger partial charge >= 0.3 is 15.7 Å². The Bertz CT molecular complexity index is 1930. The molecular weight excluding hydrogens is 605 g/mol. The number of benzene rings is 6. The molecule has 7 rings (SSSR count). The first-order chi connectivity index (χ1) is 20.4. The molecule has 0 aromatic heterocycles. The lowest BCUT2D eigenvalue weighted by Crippen LogP contribution is -2.81. The summed E-state index contributed by atoms with van der Waals surface area (Å²) < 4.78 is 28.4. The van der Waals surface area contributed by atoms with Crippen molar-refractivity contribution in [3.05, 3.63) is 96.6 Å². The Morgan fingerprint density at radius 3 is 1.76 bits per heavy atom. The molecule has 5 radical (unpaired) electrons. The van der Waals surface area contributed by atoms with E-state index in [1.807, 2.05) is 6.55 Å². The van der Waals surface area contributed by atoms with Crippen LogP contribution in [0.2, 0.25) is 6.55 Å². The predicted molar refractivity (Wildman–Crippen MR) is 182 cm³/mol. The first-order valence-corrected chi connectivity index (χ1v) is 25.3. The summed E-state index contributed by atoms with van der Waals surface area (Å²) in [5, 5.41) is 13.2. The van der Waals surface area contributed by atoms with E-state index in [0.717, 1.165) is 0 Å². The van der Waals surface area contributed by atoms with Crippen molar-refractivity contribution >= 4 is 95.4 Å². The van der Waals surface area contributed by atoms with E-state index in [2.05, 4.69) is 97.9 Å². The fraction of sp³-hybridized carbons (Fsp3) is 0.188. The largest absolute Gasteiger partial charge is 0.438 e. The molecule has 1 heterocycles. The molecule has 1 saturated heterocycles. The minimum absolute atomic E-state index is 0.479. The molecule has 1 fully saturated rings. The third kappa shape index (κ3) is 4.85. The maximum Gasteiger partial charge on any atom is 0.389 e. The van der Waals surface area contributed by atoms with E-state index in [4.69, 9.17) is 21.8 Å². The summed E-state index contributed by atoms with van der Waals surface area (Å²) in [4.78, 5) is 0. The second kappa shape index (κ2) is 11.9. The van der Waals surface area contributed by atoms with E-state index in [0.29, 0.717) is 17.8 Å². The van der Waals surface area contributed by atoms with Gasteiger partial charge in [-0.2, -0.15) is 0 Å². The van der Waals surface area contributed by atoms with E-state index in [9.17, 15) is 0 Å². The molecule has 1 aliphatic rings. The van der Waals surface area contributed by atoms with Crippen molar-refractivity contribution < 1.29 is 21.8 Å². The lowest BCUT2D eigenvalue weighted by atomic mass is 9.92. The molecular formula is C32H33O5Si5. The van der Waals surface area contributed by atoms with Crippen LogP contribution in [-0.4, -0.2) is 70.0 Å². The molecule has 1 unspecified atom stereocenters. The molecule has 0 saturated carbocycles. The van der Waals surface area contributed by atoms with E-state index in [1.165, 1.54) is 59.4 Å². The van der Waals surface area contributed by atoms with Crippen molar-refractivity contribution in [2.75, 3.05) is 28.4 Å². The predicted octanol–water partition coefficient (Wildman–Crippen LogP) is 6.76. The summed E-state index contributed by atoms with van der Waals surface area (Å²) in [5.74, 6) is 0. The van der Waals surface area contributed by atoms with Crippen LogP contribution in [-0.2, 0) is 21.8 Å². The monoisotopic (exact) mass is 637 g/mol. The van der Waals surface area contributed by atoms with Gasteiger partial charge in [-0.1, -0.05) is 60.7 Å². The Balaban J connectivity index is 0.000000181. The van der Waals surface area contributed by atoms with Crippen LogP contribution >= 0.6 is 0 Å². The summed E-state index contributed by atoms with van der Waals surface area (Å²) in [5.41, 5.74) is 1.36. The molecule has 6 aromatic carbocycles. The fourth-order valence-electron chi connectivity index (χ4n) is 6.06. The Hall–Kier alpha value is -2.50. The number of hydrogen-bond donors (Lipinski definition) is 0. The molecule has 6 aromatic rings. The molecule has 0 N–H and O–H groups in total. The highest BCUT2D eigenvalue weighted by Gasteiger charge is 2.68. The fourth-order valence-corrected chi connectivity index (χ4v) is 53.0. The molecule has 0 aliphatic carbocycles. The van der Waals surface area contributed by atoms with Gasteiger partial charge in [-0.05, 0) is 103 Å². The van der Waals surface area contributed by atoms with E-state index in [1.54, 1.807) is 28.4 Å². The minimum atomic E-state index is -2.42. The highest BCUT2D eigenvalue weighted by molar-refractivity contribution is 7.73. The number of fused-ring (bicyclic) bond motifs is 6. The van der Waals surface area contributed by atoms with Crippen molar-refractivity contribution in [3.8, 4) is 0 Å². The lowest BCUT2D eigenvalue weighted by Gasteiger charge is -2.45. The third-order valence-electron chi connectivity index (χ3n) is 8.43. The van der Waals surface area contributed by atoms with E-state index in [-0.39, 0.29) is 0 Å². The second-order valence-corrected chi connectivity index (χ2v) is 33.2. The quantitative estimate of drug-likeness (QED) is 0.121. The van der Waals surface area contributed by atoms with Gasteiger partial charge in [0.2, 0.25) is 8.08 Å². The molecule has 0 amide bonds. The van der Waals surface area contributed by atoms with Gasteiger partial charge in [-0.15, -0.1) is 0 Å². The highest BCUT2D eigenvalue weighted by Crippen LogP contribution is 2.35. The second-order valence-electron chi connectivity index (χ2n) is 10.5. The average molecular weight is 638 g/mol. The molecule has 0 bridgehead atoms.